The molecule has 0 unspecified atom stereocenters. The molecule has 0 spiro atoms. The molecule has 0 bridgehead atoms. The molecular formula is C12H13FN4. The Balaban J connectivity index is 1.99. The van der Waals surface area contributed by atoms with Crippen molar-refractivity contribution in [2.24, 2.45) is 5.73 Å². The molecule has 0 fully saturated rings. The molecule has 5 heteroatoms. The Labute approximate surface area is 98.7 Å². The number of rotatable bonds is 4. The minimum atomic E-state index is -0.444. The van der Waals surface area contributed by atoms with Gasteiger partial charge >= 0.3 is 0 Å². The highest BCUT2D eigenvalue weighted by Crippen LogP contribution is 2.07. The summed E-state index contributed by atoms with van der Waals surface area (Å²) in [6.45, 7) is 1.10. The van der Waals surface area contributed by atoms with E-state index in [1.54, 1.807) is 0 Å². The van der Waals surface area contributed by atoms with Gasteiger partial charge in [0.2, 0.25) is 5.95 Å². The summed E-state index contributed by atoms with van der Waals surface area (Å²) < 4.78 is 12.6. The summed E-state index contributed by atoms with van der Waals surface area (Å²) in [5, 5.41) is 3.01. The number of aromatic nitrogens is 2. The van der Waals surface area contributed by atoms with Gasteiger partial charge < -0.3 is 11.1 Å². The second-order valence-electron chi connectivity index (χ2n) is 3.60. The topological polar surface area (TPSA) is 63.8 Å². The van der Waals surface area contributed by atoms with Crippen LogP contribution < -0.4 is 11.1 Å². The van der Waals surface area contributed by atoms with E-state index in [0.717, 1.165) is 23.5 Å². The molecule has 2 rings (SSSR count). The molecule has 0 saturated carbocycles. The first-order valence-corrected chi connectivity index (χ1v) is 5.27. The van der Waals surface area contributed by atoms with Gasteiger partial charge in [-0.2, -0.15) is 0 Å². The molecule has 0 aliphatic heterocycles. The van der Waals surface area contributed by atoms with Gasteiger partial charge in [-0.25, -0.2) is 14.4 Å². The molecule has 1 aromatic heterocycles. The first kappa shape index (κ1) is 11.5. The lowest BCUT2D eigenvalue weighted by atomic mass is 10.1. The third kappa shape index (κ3) is 3.22. The van der Waals surface area contributed by atoms with Gasteiger partial charge in [-0.05, 0) is 11.1 Å². The molecule has 0 radical (unpaired) electrons. The van der Waals surface area contributed by atoms with Crippen LogP contribution in [0.4, 0.5) is 10.3 Å². The van der Waals surface area contributed by atoms with E-state index in [9.17, 15) is 4.39 Å². The molecule has 1 aromatic carbocycles. The first-order chi connectivity index (χ1) is 8.28. The monoisotopic (exact) mass is 232 g/mol. The zero-order valence-corrected chi connectivity index (χ0v) is 9.23. The van der Waals surface area contributed by atoms with Gasteiger partial charge in [0.15, 0.2) is 5.82 Å². The Morgan fingerprint density at radius 2 is 1.88 bits per heavy atom. The van der Waals surface area contributed by atoms with Crippen molar-refractivity contribution in [1.82, 2.24) is 9.97 Å². The first-order valence-electron chi connectivity index (χ1n) is 5.27. The second-order valence-corrected chi connectivity index (χ2v) is 3.60. The quantitative estimate of drug-likeness (QED) is 0.842. The molecule has 2 aromatic rings. The van der Waals surface area contributed by atoms with Crippen LogP contribution in [0.5, 0.6) is 0 Å². The zero-order valence-electron chi connectivity index (χ0n) is 9.23. The third-order valence-electron chi connectivity index (χ3n) is 2.30. The predicted octanol–water partition coefficient (Wildman–Crippen LogP) is 1.69. The van der Waals surface area contributed by atoms with Gasteiger partial charge in [0, 0.05) is 13.1 Å². The zero-order chi connectivity index (χ0) is 12.1. The minimum Gasteiger partial charge on any atom is -0.350 e. The van der Waals surface area contributed by atoms with Crippen LogP contribution in [0.1, 0.15) is 11.1 Å². The number of anilines is 1. The third-order valence-corrected chi connectivity index (χ3v) is 2.30. The highest BCUT2D eigenvalue weighted by molar-refractivity contribution is 5.29. The molecule has 0 aliphatic carbocycles. The van der Waals surface area contributed by atoms with Crippen LogP contribution in [-0.2, 0) is 13.1 Å². The van der Waals surface area contributed by atoms with Crippen LogP contribution >= 0.6 is 0 Å². The summed E-state index contributed by atoms with van der Waals surface area (Å²) in [5.74, 6) is -0.0368. The van der Waals surface area contributed by atoms with E-state index in [1.165, 1.54) is 0 Å². The number of benzene rings is 1. The fourth-order valence-corrected chi connectivity index (χ4v) is 1.45. The maximum atomic E-state index is 12.6. The average Bonchev–Trinajstić information content (AvgIpc) is 2.38. The van der Waals surface area contributed by atoms with Crippen molar-refractivity contribution in [2.45, 2.75) is 13.1 Å². The lowest BCUT2D eigenvalue weighted by molar-refractivity contribution is 0.614. The molecule has 0 saturated heterocycles. The molecule has 0 aliphatic rings. The number of nitrogens with two attached hydrogens (primary N) is 1. The summed E-state index contributed by atoms with van der Waals surface area (Å²) >= 11 is 0. The fraction of sp³-hybridized carbons (Fsp3) is 0.167. The van der Waals surface area contributed by atoms with E-state index in [4.69, 9.17) is 5.73 Å². The molecule has 88 valence electrons. The van der Waals surface area contributed by atoms with Gasteiger partial charge in [0.25, 0.3) is 0 Å². The summed E-state index contributed by atoms with van der Waals surface area (Å²) in [7, 11) is 0. The summed E-state index contributed by atoms with van der Waals surface area (Å²) in [6.07, 6.45) is 2.26. The van der Waals surface area contributed by atoms with E-state index in [-0.39, 0.29) is 0 Å². The standard InChI is InChI=1S/C12H13FN4/c13-11-7-16-12(17-8-11)15-6-10-3-1-2-9(4-10)5-14/h1-4,7-8H,5-6,14H2,(H,15,16,17). The molecule has 4 nitrogen and oxygen atoms in total. The molecule has 17 heavy (non-hydrogen) atoms. The second kappa shape index (κ2) is 5.36. The Bertz CT molecular complexity index is 484. The largest absolute Gasteiger partial charge is 0.350 e. The number of nitrogens with one attached hydrogen (secondary N) is 1. The smallest absolute Gasteiger partial charge is 0.223 e. The average molecular weight is 232 g/mol. The van der Waals surface area contributed by atoms with Gasteiger partial charge in [0.1, 0.15) is 0 Å². The van der Waals surface area contributed by atoms with Gasteiger partial charge in [-0.1, -0.05) is 24.3 Å². The summed E-state index contributed by atoms with van der Waals surface area (Å²) in [6, 6.07) is 7.91. The Kier molecular flexibility index (Phi) is 3.62. The van der Waals surface area contributed by atoms with E-state index >= 15 is 0 Å². The number of hydrogen-bond donors (Lipinski definition) is 2. The maximum Gasteiger partial charge on any atom is 0.223 e. The van der Waals surface area contributed by atoms with Crippen LogP contribution in [-0.4, -0.2) is 9.97 Å². The van der Waals surface area contributed by atoms with Crippen molar-refractivity contribution >= 4 is 5.95 Å². The Morgan fingerprint density at radius 1 is 1.18 bits per heavy atom. The van der Waals surface area contributed by atoms with E-state index < -0.39 is 5.82 Å². The van der Waals surface area contributed by atoms with Gasteiger partial charge in [-0.3, -0.25) is 0 Å². The van der Waals surface area contributed by atoms with Crippen LogP contribution in [0.15, 0.2) is 36.7 Å². The lowest BCUT2D eigenvalue weighted by Crippen LogP contribution is -2.04. The van der Waals surface area contributed by atoms with Gasteiger partial charge in [0.05, 0.1) is 12.4 Å². The molecule has 1 heterocycles. The number of hydrogen-bond acceptors (Lipinski definition) is 4. The minimum absolute atomic E-state index is 0.407. The highest BCUT2D eigenvalue weighted by atomic mass is 19.1. The van der Waals surface area contributed by atoms with Crippen LogP contribution in [0.2, 0.25) is 0 Å². The van der Waals surface area contributed by atoms with Crippen LogP contribution in [0.25, 0.3) is 0 Å². The van der Waals surface area contributed by atoms with E-state index in [2.05, 4.69) is 15.3 Å². The van der Waals surface area contributed by atoms with Crippen molar-refractivity contribution in [2.75, 3.05) is 5.32 Å². The van der Waals surface area contributed by atoms with Gasteiger partial charge in [-0.15, -0.1) is 0 Å². The normalized spacial score (nSPS) is 10.2. The van der Waals surface area contributed by atoms with Crippen molar-refractivity contribution < 1.29 is 4.39 Å². The molecule has 0 amide bonds. The van der Waals surface area contributed by atoms with Crippen LogP contribution in [0.3, 0.4) is 0 Å². The maximum absolute atomic E-state index is 12.6. The van der Waals surface area contributed by atoms with Crippen molar-refractivity contribution in [1.29, 1.82) is 0 Å². The number of nitrogens with zero attached hydrogens (tertiary/aromatic N) is 2. The number of halogens is 1. The molecular weight excluding hydrogens is 219 g/mol. The lowest BCUT2D eigenvalue weighted by Gasteiger charge is -2.05. The summed E-state index contributed by atoms with van der Waals surface area (Å²) in [5.41, 5.74) is 7.71. The van der Waals surface area contributed by atoms with Crippen molar-refractivity contribution in [3.63, 3.8) is 0 Å². The Morgan fingerprint density at radius 3 is 2.59 bits per heavy atom. The highest BCUT2D eigenvalue weighted by Gasteiger charge is 1.98. The molecule has 0 atom stereocenters. The fourth-order valence-electron chi connectivity index (χ4n) is 1.45. The SMILES string of the molecule is NCc1cccc(CNc2ncc(F)cn2)c1. The van der Waals surface area contributed by atoms with E-state index in [0.29, 0.717) is 19.0 Å². The van der Waals surface area contributed by atoms with E-state index in [1.807, 2.05) is 24.3 Å². The van der Waals surface area contributed by atoms with Crippen molar-refractivity contribution in [3.05, 3.63) is 53.6 Å². The predicted molar refractivity (Wildman–Crippen MR) is 63.7 cm³/mol. The Hall–Kier alpha value is -2.01. The van der Waals surface area contributed by atoms with Crippen molar-refractivity contribution in [3.8, 4) is 0 Å². The summed E-state index contributed by atoms with van der Waals surface area (Å²) in [4.78, 5) is 7.63. The van der Waals surface area contributed by atoms with Crippen LogP contribution in [0, 0.1) is 5.82 Å². The molecule has 3 N–H and O–H groups in total.